The number of carboxylic acids is 3. The van der Waals surface area contributed by atoms with Gasteiger partial charge in [-0.2, -0.15) is 0 Å². The molecular weight excluding hydrogens is 724 g/mol. The van der Waals surface area contributed by atoms with E-state index in [4.69, 9.17) is 18.3 Å². The number of amides is 1. The summed E-state index contributed by atoms with van der Waals surface area (Å²) >= 11 is 0. The Hall–Kier alpha value is -4.86. The standard InChI is InChI=1S/C41H54N4O11/c46-38(16-27-3-1-2-26(14-27)15-35(39(47)48)28-4-7-42-21-28)45(10-12-53-33-17-31(55-24-33)19-36(40(49)50)29-5-8-43-22-29)11-13-54-34-18-32(56-25-34)20-37(41(51)52)30-6-9-44-23-30/h1-3,14,17-18,24-25,28-30,35-37,42-44H,4-13,15-16,19-23H2,(H,47,48)(H,49,50)(H,51,52). The Morgan fingerprint density at radius 2 is 1.11 bits per heavy atom. The van der Waals surface area contributed by atoms with E-state index < -0.39 is 35.7 Å². The van der Waals surface area contributed by atoms with Crippen LogP contribution in [0.25, 0.3) is 0 Å². The van der Waals surface area contributed by atoms with Crippen molar-refractivity contribution in [3.05, 3.63) is 71.6 Å². The fourth-order valence-corrected chi connectivity index (χ4v) is 8.26. The van der Waals surface area contributed by atoms with Gasteiger partial charge in [0, 0.05) is 25.0 Å². The lowest BCUT2D eigenvalue weighted by molar-refractivity contribution is -0.144. The summed E-state index contributed by atoms with van der Waals surface area (Å²) in [6, 6.07) is 10.9. The molecule has 3 aliphatic heterocycles. The molecule has 15 heteroatoms. The molecule has 6 N–H and O–H groups in total. The van der Waals surface area contributed by atoms with Gasteiger partial charge in [-0.1, -0.05) is 24.3 Å². The molecule has 3 fully saturated rings. The molecule has 56 heavy (non-hydrogen) atoms. The summed E-state index contributed by atoms with van der Waals surface area (Å²) in [5, 5.41) is 39.3. The van der Waals surface area contributed by atoms with Gasteiger partial charge in [0.25, 0.3) is 0 Å². The number of nitrogens with zero attached hydrogens (tertiary/aromatic N) is 1. The van der Waals surface area contributed by atoms with Crippen molar-refractivity contribution in [2.45, 2.75) is 44.9 Å². The summed E-state index contributed by atoms with van der Waals surface area (Å²) < 4.78 is 23.3. The van der Waals surface area contributed by atoms with E-state index in [0.717, 1.165) is 50.0 Å². The summed E-state index contributed by atoms with van der Waals surface area (Å²) in [6.45, 7) is 5.10. The van der Waals surface area contributed by atoms with Gasteiger partial charge >= 0.3 is 17.9 Å². The van der Waals surface area contributed by atoms with Gasteiger partial charge in [-0.05, 0) is 93.8 Å². The van der Waals surface area contributed by atoms with Gasteiger partial charge in [0.05, 0.1) is 37.3 Å². The van der Waals surface area contributed by atoms with Gasteiger partial charge in [-0.15, -0.1) is 0 Å². The minimum atomic E-state index is -0.856. The maximum absolute atomic E-state index is 13.8. The van der Waals surface area contributed by atoms with E-state index in [-0.39, 0.29) is 69.2 Å². The first-order chi connectivity index (χ1) is 27.1. The van der Waals surface area contributed by atoms with E-state index in [9.17, 15) is 34.5 Å². The molecule has 0 radical (unpaired) electrons. The Morgan fingerprint density at radius 3 is 1.54 bits per heavy atom. The third kappa shape index (κ3) is 11.4. The third-order valence-corrected chi connectivity index (χ3v) is 11.5. The number of carbonyl (C=O) groups excluding carboxylic acids is 1. The predicted molar refractivity (Wildman–Crippen MR) is 203 cm³/mol. The summed E-state index contributed by atoms with van der Waals surface area (Å²) in [5.74, 6) is -2.34. The highest BCUT2D eigenvalue weighted by atomic mass is 16.5. The smallest absolute Gasteiger partial charge is 0.307 e. The lowest BCUT2D eigenvalue weighted by atomic mass is 9.86. The molecule has 0 saturated carbocycles. The number of aliphatic carboxylic acids is 3. The molecular formula is C41H54N4O11. The van der Waals surface area contributed by atoms with Crippen LogP contribution in [-0.2, 0) is 44.9 Å². The molecule has 2 aromatic heterocycles. The lowest BCUT2D eigenvalue weighted by Crippen LogP contribution is -2.38. The molecule has 6 rings (SSSR count). The molecule has 3 aliphatic rings. The Labute approximate surface area is 326 Å². The highest BCUT2D eigenvalue weighted by Crippen LogP contribution is 2.28. The fraction of sp³-hybridized carbons (Fsp3) is 0.561. The zero-order valence-corrected chi connectivity index (χ0v) is 31.7. The molecule has 6 atom stereocenters. The lowest BCUT2D eigenvalue weighted by Gasteiger charge is -2.23. The van der Waals surface area contributed by atoms with Crippen molar-refractivity contribution in [3.8, 4) is 11.5 Å². The third-order valence-electron chi connectivity index (χ3n) is 11.5. The van der Waals surface area contributed by atoms with Crippen LogP contribution in [0.2, 0.25) is 0 Å². The largest absolute Gasteiger partial charge is 0.488 e. The molecule has 6 unspecified atom stereocenters. The van der Waals surface area contributed by atoms with Gasteiger partial charge in [0.2, 0.25) is 5.91 Å². The summed E-state index contributed by atoms with van der Waals surface area (Å²) in [6.07, 6.45) is 6.27. The van der Waals surface area contributed by atoms with Crippen molar-refractivity contribution in [2.75, 3.05) is 65.6 Å². The van der Waals surface area contributed by atoms with Crippen LogP contribution in [0.1, 0.15) is 41.9 Å². The second-order valence-corrected chi connectivity index (χ2v) is 15.3. The maximum Gasteiger partial charge on any atom is 0.307 e. The van der Waals surface area contributed by atoms with E-state index in [1.54, 1.807) is 17.0 Å². The number of hydrogen-bond acceptors (Lipinski definition) is 11. The van der Waals surface area contributed by atoms with E-state index in [0.29, 0.717) is 49.1 Å². The number of furan rings is 2. The Kier molecular flexibility index (Phi) is 14.4. The van der Waals surface area contributed by atoms with E-state index in [1.807, 2.05) is 24.3 Å². The number of carboxylic acid groups (broad SMARTS) is 3. The second kappa shape index (κ2) is 19.8. The van der Waals surface area contributed by atoms with E-state index in [2.05, 4.69) is 16.0 Å². The number of benzene rings is 1. The Bertz CT molecular complexity index is 1680. The highest BCUT2D eigenvalue weighted by molar-refractivity contribution is 5.79. The average molecular weight is 779 g/mol. The van der Waals surface area contributed by atoms with Crippen LogP contribution in [0.15, 0.2) is 57.8 Å². The molecule has 1 aromatic carbocycles. The quantitative estimate of drug-likeness (QED) is 0.0866. The SMILES string of the molecule is O=C(O)C(Cc1cccc(CC(=O)N(CCOc2coc(CC(C(=O)O)C3CCNC3)c2)CCOc2coc(CC(C(=O)O)C3CCNC3)c2)c1)C1CCNC1. The molecule has 0 spiro atoms. The van der Waals surface area contributed by atoms with Crippen LogP contribution in [0.3, 0.4) is 0 Å². The molecule has 15 nitrogen and oxygen atoms in total. The minimum Gasteiger partial charge on any atom is -0.488 e. The monoisotopic (exact) mass is 778 g/mol. The van der Waals surface area contributed by atoms with Crippen molar-refractivity contribution in [1.29, 1.82) is 0 Å². The van der Waals surface area contributed by atoms with Crippen LogP contribution >= 0.6 is 0 Å². The Balaban J connectivity index is 1.07. The van der Waals surface area contributed by atoms with Crippen molar-refractivity contribution in [3.63, 3.8) is 0 Å². The number of rotatable bonds is 22. The molecule has 0 aliphatic carbocycles. The van der Waals surface area contributed by atoms with E-state index >= 15 is 0 Å². The first-order valence-corrected chi connectivity index (χ1v) is 19.7. The predicted octanol–water partition coefficient (Wildman–Crippen LogP) is 2.96. The van der Waals surface area contributed by atoms with E-state index in [1.165, 1.54) is 12.5 Å². The minimum absolute atomic E-state index is 0.0254. The van der Waals surface area contributed by atoms with Gasteiger partial charge in [0.15, 0.2) is 11.5 Å². The average Bonchev–Trinajstić information content (AvgIpc) is 4.03. The van der Waals surface area contributed by atoms with Gasteiger partial charge in [-0.3, -0.25) is 19.2 Å². The van der Waals surface area contributed by atoms with Crippen molar-refractivity contribution in [2.24, 2.45) is 35.5 Å². The maximum atomic E-state index is 13.8. The molecule has 3 saturated heterocycles. The van der Waals surface area contributed by atoms with Crippen LogP contribution in [0, 0.1) is 35.5 Å². The summed E-state index contributed by atoms with van der Waals surface area (Å²) in [4.78, 5) is 51.6. The topological polar surface area (TPSA) is 213 Å². The zero-order valence-electron chi connectivity index (χ0n) is 31.7. The first-order valence-electron chi connectivity index (χ1n) is 19.7. The molecule has 5 heterocycles. The van der Waals surface area contributed by atoms with Crippen molar-refractivity contribution in [1.82, 2.24) is 20.9 Å². The molecule has 3 aromatic rings. The fourth-order valence-electron chi connectivity index (χ4n) is 8.26. The van der Waals surface area contributed by atoms with Gasteiger partial charge < -0.3 is 54.5 Å². The zero-order chi connectivity index (χ0) is 39.4. The summed E-state index contributed by atoms with van der Waals surface area (Å²) in [5.41, 5.74) is 1.63. The molecule has 1 amide bonds. The number of hydrogen-bond donors (Lipinski definition) is 6. The molecule has 304 valence electrons. The van der Waals surface area contributed by atoms with Crippen LogP contribution in [0.4, 0.5) is 0 Å². The van der Waals surface area contributed by atoms with Crippen molar-refractivity contribution >= 4 is 23.8 Å². The molecule has 0 bridgehead atoms. The number of ether oxygens (including phenoxy) is 2. The van der Waals surface area contributed by atoms with Gasteiger partial charge in [0.1, 0.15) is 37.3 Å². The Morgan fingerprint density at radius 1 is 0.661 bits per heavy atom. The first kappa shape index (κ1) is 40.8. The van der Waals surface area contributed by atoms with Crippen molar-refractivity contribution < 1.29 is 52.8 Å². The number of nitrogens with one attached hydrogen (secondary N) is 3. The second-order valence-electron chi connectivity index (χ2n) is 15.3. The van der Waals surface area contributed by atoms with Crippen LogP contribution in [0.5, 0.6) is 11.5 Å². The van der Waals surface area contributed by atoms with Crippen LogP contribution in [-0.4, -0.2) is 110 Å². The van der Waals surface area contributed by atoms with Crippen LogP contribution < -0.4 is 25.4 Å². The summed E-state index contributed by atoms with van der Waals surface area (Å²) in [7, 11) is 0. The van der Waals surface area contributed by atoms with Gasteiger partial charge in [-0.25, -0.2) is 0 Å². The highest BCUT2D eigenvalue weighted by Gasteiger charge is 2.33. The number of carbonyl (C=O) groups is 4. The normalized spacial score (nSPS) is 21.0.